The Morgan fingerprint density at radius 1 is 0.717 bits per heavy atom. The van der Waals surface area contributed by atoms with E-state index in [9.17, 15) is 39.5 Å². The number of alkyl halides is 9. The molecule has 2 saturated heterocycles. The molecule has 46 heavy (non-hydrogen) atoms. The lowest BCUT2D eigenvalue weighted by atomic mass is 9.93. The van der Waals surface area contributed by atoms with Crippen LogP contribution in [0.5, 0.6) is 0 Å². The molecule has 0 aliphatic carbocycles. The quantitative estimate of drug-likeness (QED) is 0.400. The highest BCUT2D eigenvalue weighted by atomic mass is 19.4. The van der Waals surface area contributed by atoms with Crippen LogP contribution >= 0.6 is 0 Å². The molecular formula is C26H29F9N4O7. The Morgan fingerprint density at radius 2 is 1.11 bits per heavy atom. The molecule has 258 valence electrons. The summed E-state index contributed by atoms with van der Waals surface area (Å²) in [5, 5.41) is 21.4. The van der Waals surface area contributed by atoms with Crippen LogP contribution in [0.3, 0.4) is 0 Å². The van der Waals surface area contributed by atoms with Crippen LogP contribution in [0.25, 0.3) is 0 Å². The van der Waals surface area contributed by atoms with Crippen molar-refractivity contribution in [1.82, 2.24) is 19.8 Å². The first-order valence-corrected chi connectivity index (χ1v) is 12.9. The monoisotopic (exact) mass is 680 g/mol. The van der Waals surface area contributed by atoms with Crippen LogP contribution in [0.4, 0.5) is 39.5 Å². The molecule has 0 amide bonds. The fourth-order valence-electron chi connectivity index (χ4n) is 3.97. The van der Waals surface area contributed by atoms with Gasteiger partial charge in [-0.25, -0.2) is 14.4 Å². The average Bonchev–Trinajstić information content (AvgIpc) is 3.15. The molecule has 0 aromatic carbocycles. The molecule has 2 atom stereocenters. The van der Waals surface area contributed by atoms with Crippen molar-refractivity contribution >= 4 is 17.9 Å². The second-order valence-electron chi connectivity index (χ2n) is 9.56. The van der Waals surface area contributed by atoms with Gasteiger partial charge in [-0.15, -0.1) is 0 Å². The van der Waals surface area contributed by atoms with Gasteiger partial charge in [0.05, 0.1) is 12.7 Å². The number of hydrogen-bond donors (Lipinski definition) is 3. The molecule has 3 N–H and O–H groups in total. The van der Waals surface area contributed by atoms with E-state index in [1.807, 2.05) is 36.9 Å². The molecule has 4 rings (SSSR count). The van der Waals surface area contributed by atoms with Gasteiger partial charge in [-0.2, -0.15) is 39.5 Å². The van der Waals surface area contributed by atoms with E-state index in [0.717, 1.165) is 45.9 Å². The number of nitrogens with zero attached hydrogens (tertiary/aromatic N) is 4. The summed E-state index contributed by atoms with van der Waals surface area (Å²) in [5.41, 5.74) is 2.57. The van der Waals surface area contributed by atoms with E-state index >= 15 is 0 Å². The highest BCUT2D eigenvalue weighted by molar-refractivity contribution is 5.73. The van der Waals surface area contributed by atoms with Gasteiger partial charge >= 0.3 is 36.4 Å². The van der Waals surface area contributed by atoms with Gasteiger partial charge in [0.1, 0.15) is 0 Å². The molecule has 11 nitrogen and oxygen atoms in total. The first-order valence-electron chi connectivity index (χ1n) is 12.9. The predicted molar refractivity (Wildman–Crippen MR) is 138 cm³/mol. The first-order chi connectivity index (χ1) is 21.2. The molecule has 2 aromatic rings. The number of likely N-dealkylation sites (tertiary alicyclic amines) is 1. The molecule has 20 heteroatoms. The Balaban J connectivity index is 0.000000413. The molecule has 2 fully saturated rings. The third-order valence-electron chi connectivity index (χ3n) is 6.00. The van der Waals surface area contributed by atoms with E-state index in [1.54, 1.807) is 0 Å². The smallest absolute Gasteiger partial charge is 0.475 e. The standard InChI is InChI=1S/C20H26N4O.3C2HF3O2/c1-3-17(11-21-6-1)13-23-8-5-19-15-24(9-10-25-20(19)16-23)14-18-4-2-7-22-12-18;3*3-2(4,5)1(6)7/h1-4,6-7,11-12,19-20H,5,8-10,13-16H2;3*(H,6,7)/t19-,20-;;;/m1.../s1. The highest BCUT2D eigenvalue weighted by Gasteiger charge is 2.39. The number of pyridine rings is 2. The van der Waals surface area contributed by atoms with Gasteiger partial charge in [-0.3, -0.25) is 19.8 Å². The van der Waals surface area contributed by atoms with Gasteiger partial charge in [0.2, 0.25) is 0 Å². The van der Waals surface area contributed by atoms with Crippen LogP contribution < -0.4 is 0 Å². The fraction of sp³-hybridized carbons (Fsp3) is 0.500. The van der Waals surface area contributed by atoms with Crippen molar-refractivity contribution in [3.05, 3.63) is 60.2 Å². The van der Waals surface area contributed by atoms with E-state index < -0.39 is 36.4 Å². The molecule has 0 unspecified atom stereocenters. The molecule has 0 spiro atoms. The van der Waals surface area contributed by atoms with Crippen molar-refractivity contribution < 1.29 is 74.0 Å². The first kappa shape index (κ1) is 40.0. The van der Waals surface area contributed by atoms with Gasteiger partial charge in [0.25, 0.3) is 0 Å². The molecule has 2 aromatic heterocycles. The third kappa shape index (κ3) is 16.3. The molecule has 2 aliphatic rings. The number of ether oxygens (including phenoxy) is 1. The SMILES string of the molecule is O=C(O)C(F)(F)F.O=C(O)C(F)(F)F.O=C(O)C(F)(F)F.c1cncc(CN2CCO[C@@H]3CN(Cc4cccnc4)CC[C@@H]3C2)c1. The van der Waals surface area contributed by atoms with Crippen molar-refractivity contribution in [3.63, 3.8) is 0 Å². The van der Waals surface area contributed by atoms with Crippen LogP contribution in [0.15, 0.2) is 49.1 Å². The normalized spacial score (nSPS) is 18.9. The Labute approximate surface area is 255 Å². The van der Waals surface area contributed by atoms with Crippen molar-refractivity contribution in [3.8, 4) is 0 Å². The molecule has 0 saturated carbocycles. The molecule has 4 heterocycles. The minimum absolute atomic E-state index is 0.351. The lowest BCUT2D eigenvalue weighted by molar-refractivity contribution is -0.193. The summed E-state index contributed by atoms with van der Waals surface area (Å²) in [5.74, 6) is -7.64. The van der Waals surface area contributed by atoms with Gasteiger partial charge in [-0.05, 0) is 36.2 Å². The van der Waals surface area contributed by atoms with Crippen LogP contribution in [-0.4, -0.2) is 110 Å². The summed E-state index contributed by atoms with van der Waals surface area (Å²) < 4.78 is 101. The van der Waals surface area contributed by atoms with E-state index in [-0.39, 0.29) is 0 Å². The van der Waals surface area contributed by atoms with E-state index in [2.05, 4.69) is 31.9 Å². The van der Waals surface area contributed by atoms with Crippen LogP contribution in [0.1, 0.15) is 17.5 Å². The second-order valence-corrected chi connectivity index (χ2v) is 9.56. The van der Waals surface area contributed by atoms with Crippen molar-refractivity contribution in [2.75, 3.05) is 32.8 Å². The average molecular weight is 681 g/mol. The zero-order valence-electron chi connectivity index (χ0n) is 23.6. The zero-order valence-corrected chi connectivity index (χ0v) is 23.6. The minimum Gasteiger partial charge on any atom is -0.475 e. The largest absolute Gasteiger partial charge is 0.490 e. The fourth-order valence-corrected chi connectivity index (χ4v) is 3.97. The summed E-state index contributed by atoms with van der Waals surface area (Å²) in [4.78, 5) is 40.2. The number of carboxylic acids is 3. The molecule has 0 radical (unpaired) electrons. The summed E-state index contributed by atoms with van der Waals surface area (Å²) in [6.45, 7) is 7.06. The van der Waals surface area contributed by atoms with Crippen molar-refractivity contribution in [2.24, 2.45) is 5.92 Å². The third-order valence-corrected chi connectivity index (χ3v) is 6.00. The number of aromatic nitrogens is 2. The number of carbonyl (C=O) groups is 3. The second kappa shape index (κ2) is 18.2. The lowest BCUT2D eigenvalue weighted by Gasteiger charge is -2.38. The van der Waals surface area contributed by atoms with E-state index in [0.29, 0.717) is 12.0 Å². The van der Waals surface area contributed by atoms with Crippen molar-refractivity contribution in [1.29, 1.82) is 0 Å². The van der Waals surface area contributed by atoms with Gasteiger partial charge < -0.3 is 20.1 Å². The van der Waals surface area contributed by atoms with E-state index in [1.165, 1.54) is 17.5 Å². The number of hydrogen-bond acceptors (Lipinski definition) is 8. The number of halogens is 9. The Hall–Kier alpha value is -4.04. The number of rotatable bonds is 4. The van der Waals surface area contributed by atoms with Crippen LogP contribution in [-0.2, 0) is 32.2 Å². The maximum absolute atomic E-state index is 10.6. The molecule has 0 bridgehead atoms. The Morgan fingerprint density at radius 3 is 1.46 bits per heavy atom. The number of carboxylic acid groups (broad SMARTS) is 3. The van der Waals surface area contributed by atoms with Crippen molar-refractivity contribution in [2.45, 2.75) is 44.1 Å². The minimum atomic E-state index is -5.08. The zero-order chi connectivity index (χ0) is 35.1. The van der Waals surface area contributed by atoms with Gasteiger partial charge in [0.15, 0.2) is 0 Å². The summed E-state index contributed by atoms with van der Waals surface area (Å²) >= 11 is 0. The van der Waals surface area contributed by atoms with Crippen LogP contribution in [0.2, 0.25) is 0 Å². The maximum atomic E-state index is 10.6. The summed E-state index contributed by atoms with van der Waals surface area (Å²) in [7, 11) is 0. The Kier molecular flexibility index (Phi) is 15.8. The van der Waals surface area contributed by atoms with Gasteiger partial charge in [-0.1, -0.05) is 12.1 Å². The maximum Gasteiger partial charge on any atom is 0.490 e. The number of aliphatic carboxylic acids is 3. The van der Waals surface area contributed by atoms with E-state index in [4.69, 9.17) is 34.4 Å². The topological polar surface area (TPSA) is 153 Å². The highest BCUT2D eigenvalue weighted by Crippen LogP contribution is 2.26. The predicted octanol–water partition coefficient (Wildman–Crippen LogP) is 4.10. The lowest BCUT2D eigenvalue weighted by Crippen LogP contribution is -2.46. The number of piperidine rings is 1. The summed E-state index contributed by atoms with van der Waals surface area (Å²) in [6, 6.07) is 8.35. The summed E-state index contributed by atoms with van der Waals surface area (Å²) in [6.07, 6.45) is -6.09. The Bertz CT molecular complexity index is 1160. The molecule has 2 aliphatic heterocycles. The van der Waals surface area contributed by atoms with Gasteiger partial charge in [0, 0.05) is 63.4 Å². The van der Waals surface area contributed by atoms with Crippen LogP contribution in [0, 0.1) is 5.92 Å². The number of fused-ring (bicyclic) bond motifs is 1. The molecular weight excluding hydrogens is 651 g/mol.